The number of esters is 2. The number of rotatable bonds is 6. The summed E-state index contributed by atoms with van der Waals surface area (Å²) >= 11 is 0. The second-order valence-corrected chi connectivity index (χ2v) is 5.23. The predicted octanol–water partition coefficient (Wildman–Crippen LogP) is 3.72. The van der Waals surface area contributed by atoms with E-state index < -0.39 is 17.9 Å². The number of carbonyl (C=O) groups is 2. The highest BCUT2D eigenvalue weighted by atomic mass is 16.5. The van der Waals surface area contributed by atoms with Gasteiger partial charge in [0.2, 0.25) is 0 Å². The van der Waals surface area contributed by atoms with Crippen LogP contribution in [0, 0.1) is 5.92 Å². The largest absolute Gasteiger partial charge is 0.468 e. The van der Waals surface area contributed by atoms with Crippen molar-refractivity contribution in [2.75, 3.05) is 14.2 Å². The van der Waals surface area contributed by atoms with Crippen LogP contribution in [-0.2, 0) is 19.1 Å². The van der Waals surface area contributed by atoms with Crippen molar-refractivity contribution in [3.05, 3.63) is 66.2 Å². The highest BCUT2D eigenvalue weighted by Gasteiger charge is 2.26. The van der Waals surface area contributed by atoms with Crippen molar-refractivity contribution in [3.8, 4) is 11.1 Å². The summed E-state index contributed by atoms with van der Waals surface area (Å²) in [5.41, 5.74) is 3.28. The molecule has 0 unspecified atom stereocenters. The van der Waals surface area contributed by atoms with E-state index in [2.05, 4.69) is 21.6 Å². The zero-order valence-corrected chi connectivity index (χ0v) is 13.8. The van der Waals surface area contributed by atoms with E-state index in [4.69, 9.17) is 0 Å². The van der Waals surface area contributed by atoms with Gasteiger partial charge in [0.15, 0.2) is 5.92 Å². The Labute approximate surface area is 141 Å². The average molecular weight is 324 g/mol. The fraction of sp³-hybridized carbons (Fsp3) is 0.200. The number of hydrogen-bond donors (Lipinski definition) is 0. The Hall–Kier alpha value is -2.88. The van der Waals surface area contributed by atoms with Crippen molar-refractivity contribution in [2.45, 2.75) is 6.42 Å². The molecule has 0 aliphatic carbocycles. The summed E-state index contributed by atoms with van der Waals surface area (Å²) in [6, 6.07) is 18.2. The molecular weight excluding hydrogens is 304 g/mol. The molecule has 0 saturated heterocycles. The Balaban J connectivity index is 2.03. The Bertz CT molecular complexity index is 686. The first-order valence-corrected chi connectivity index (χ1v) is 7.63. The zero-order chi connectivity index (χ0) is 17.4. The summed E-state index contributed by atoms with van der Waals surface area (Å²) in [6.45, 7) is 0. The van der Waals surface area contributed by atoms with Crippen molar-refractivity contribution in [3.63, 3.8) is 0 Å². The van der Waals surface area contributed by atoms with Gasteiger partial charge in [0.25, 0.3) is 0 Å². The lowest BCUT2D eigenvalue weighted by molar-refractivity contribution is -0.158. The Morgan fingerprint density at radius 2 is 1.42 bits per heavy atom. The van der Waals surface area contributed by atoms with Crippen LogP contribution in [0.4, 0.5) is 0 Å². The molecule has 0 radical (unpaired) electrons. The molecule has 2 aromatic rings. The number of hydrogen-bond acceptors (Lipinski definition) is 4. The zero-order valence-electron chi connectivity index (χ0n) is 13.8. The first-order chi connectivity index (χ1) is 11.7. The number of ether oxygens (including phenoxy) is 2. The van der Waals surface area contributed by atoms with Gasteiger partial charge < -0.3 is 9.47 Å². The van der Waals surface area contributed by atoms with Crippen LogP contribution in [0.2, 0.25) is 0 Å². The van der Waals surface area contributed by atoms with Crippen LogP contribution in [0.5, 0.6) is 0 Å². The smallest absolute Gasteiger partial charge is 0.320 e. The van der Waals surface area contributed by atoms with E-state index in [1.165, 1.54) is 14.2 Å². The molecule has 0 amide bonds. The first kappa shape index (κ1) is 17.5. The molecular formula is C20H20O4. The maximum atomic E-state index is 11.6. The van der Waals surface area contributed by atoms with E-state index in [0.29, 0.717) is 0 Å². The third-order valence-corrected chi connectivity index (χ3v) is 3.67. The Morgan fingerprint density at radius 1 is 0.875 bits per heavy atom. The van der Waals surface area contributed by atoms with Crippen LogP contribution in [-0.4, -0.2) is 26.2 Å². The molecule has 0 aliphatic heterocycles. The maximum Gasteiger partial charge on any atom is 0.320 e. The van der Waals surface area contributed by atoms with Gasteiger partial charge in [-0.3, -0.25) is 9.59 Å². The van der Waals surface area contributed by atoms with E-state index in [1.807, 2.05) is 48.5 Å². The Kier molecular flexibility index (Phi) is 6.32. The third kappa shape index (κ3) is 4.56. The molecule has 124 valence electrons. The normalized spacial score (nSPS) is 10.8. The van der Waals surface area contributed by atoms with Gasteiger partial charge in [0.1, 0.15) is 0 Å². The minimum Gasteiger partial charge on any atom is -0.468 e. The van der Waals surface area contributed by atoms with Crippen LogP contribution in [0.15, 0.2) is 60.7 Å². The van der Waals surface area contributed by atoms with Crippen molar-refractivity contribution in [1.29, 1.82) is 0 Å². The first-order valence-electron chi connectivity index (χ1n) is 7.63. The molecule has 0 aromatic heterocycles. The molecule has 0 heterocycles. The summed E-state index contributed by atoms with van der Waals surface area (Å²) in [4.78, 5) is 23.2. The van der Waals surface area contributed by atoms with E-state index in [0.717, 1.165) is 16.7 Å². The van der Waals surface area contributed by atoms with Gasteiger partial charge in [-0.05, 0) is 23.1 Å². The van der Waals surface area contributed by atoms with E-state index >= 15 is 0 Å². The summed E-state index contributed by atoms with van der Waals surface area (Å²) < 4.78 is 9.26. The lowest BCUT2D eigenvalue weighted by Crippen LogP contribution is -2.25. The molecule has 4 heteroatoms. The third-order valence-electron chi connectivity index (χ3n) is 3.67. The van der Waals surface area contributed by atoms with E-state index in [9.17, 15) is 9.59 Å². The molecule has 24 heavy (non-hydrogen) atoms. The van der Waals surface area contributed by atoms with E-state index in [-0.39, 0.29) is 6.42 Å². The van der Waals surface area contributed by atoms with Gasteiger partial charge >= 0.3 is 11.9 Å². The van der Waals surface area contributed by atoms with Crippen LogP contribution >= 0.6 is 0 Å². The fourth-order valence-corrected chi connectivity index (χ4v) is 2.33. The number of allylic oxidation sites excluding steroid dienone is 1. The van der Waals surface area contributed by atoms with Crippen molar-refractivity contribution < 1.29 is 19.1 Å². The number of benzene rings is 2. The molecule has 2 aromatic carbocycles. The van der Waals surface area contributed by atoms with Crippen molar-refractivity contribution in [1.82, 2.24) is 0 Å². The van der Waals surface area contributed by atoms with Gasteiger partial charge in [0, 0.05) is 0 Å². The van der Waals surface area contributed by atoms with Gasteiger partial charge in [-0.15, -0.1) is 0 Å². The van der Waals surface area contributed by atoms with Gasteiger partial charge in [-0.25, -0.2) is 0 Å². The SMILES string of the molecule is COC(=O)C(C/C=C/c1ccc(-c2ccccc2)cc1)C(=O)OC. The van der Waals surface area contributed by atoms with Crippen molar-refractivity contribution in [2.24, 2.45) is 5.92 Å². The predicted molar refractivity (Wildman–Crippen MR) is 93.1 cm³/mol. The van der Waals surface area contributed by atoms with Crippen LogP contribution in [0.25, 0.3) is 17.2 Å². The number of carbonyl (C=O) groups excluding carboxylic acids is 2. The summed E-state index contributed by atoms with van der Waals surface area (Å²) in [5, 5.41) is 0. The van der Waals surface area contributed by atoms with Crippen LogP contribution in [0.3, 0.4) is 0 Å². The topological polar surface area (TPSA) is 52.6 Å². The summed E-state index contributed by atoms with van der Waals surface area (Å²) in [6.07, 6.45) is 3.88. The lowest BCUT2D eigenvalue weighted by Gasteiger charge is -2.09. The maximum absolute atomic E-state index is 11.6. The number of methoxy groups -OCH3 is 2. The highest BCUT2D eigenvalue weighted by molar-refractivity contribution is 5.95. The lowest BCUT2D eigenvalue weighted by atomic mass is 10.0. The highest BCUT2D eigenvalue weighted by Crippen LogP contribution is 2.20. The van der Waals surface area contributed by atoms with Crippen molar-refractivity contribution >= 4 is 18.0 Å². The van der Waals surface area contributed by atoms with Gasteiger partial charge in [0.05, 0.1) is 14.2 Å². The van der Waals surface area contributed by atoms with Gasteiger partial charge in [-0.2, -0.15) is 0 Å². The second-order valence-electron chi connectivity index (χ2n) is 5.23. The second kappa shape index (κ2) is 8.67. The minimum absolute atomic E-state index is 0.236. The minimum atomic E-state index is -0.931. The van der Waals surface area contributed by atoms with Crippen LogP contribution in [0.1, 0.15) is 12.0 Å². The summed E-state index contributed by atoms with van der Waals surface area (Å²) in [7, 11) is 2.51. The fourth-order valence-electron chi connectivity index (χ4n) is 2.33. The van der Waals surface area contributed by atoms with E-state index in [1.54, 1.807) is 6.08 Å². The average Bonchev–Trinajstić information content (AvgIpc) is 2.65. The molecule has 4 nitrogen and oxygen atoms in total. The molecule has 2 rings (SSSR count). The Morgan fingerprint density at radius 3 is 1.96 bits per heavy atom. The summed E-state index contributed by atoms with van der Waals surface area (Å²) in [5.74, 6) is -2.11. The molecule has 0 fully saturated rings. The quantitative estimate of drug-likeness (QED) is 0.600. The van der Waals surface area contributed by atoms with Crippen LogP contribution < -0.4 is 0 Å². The monoisotopic (exact) mass is 324 g/mol. The standard InChI is InChI=1S/C20H20O4/c1-23-19(21)18(20(22)24-2)10-6-7-15-11-13-17(14-12-15)16-8-4-3-5-9-16/h3-9,11-14,18H,10H2,1-2H3/b7-6+. The molecule has 0 saturated carbocycles. The molecule has 0 N–H and O–H groups in total. The van der Waals surface area contributed by atoms with Gasteiger partial charge in [-0.1, -0.05) is 66.7 Å². The molecule has 0 bridgehead atoms. The molecule has 0 spiro atoms. The molecule has 0 aliphatic rings. The molecule has 0 atom stereocenters.